The maximum Gasteiger partial charge on any atom is 0.266 e. The molecule has 196 valence electrons. The van der Waals surface area contributed by atoms with Crippen LogP contribution >= 0.6 is 0 Å². The van der Waals surface area contributed by atoms with Gasteiger partial charge in [0.25, 0.3) is 11.5 Å². The quantitative estimate of drug-likeness (QED) is 0.333. The number of fused-ring (bicyclic) bond motifs is 2. The minimum atomic E-state index is -0.669. The van der Waals surface area contributed by atoms with Crippen LogP contribution in [0.25, 0.3) is 34.4 Å². The molecule has 6 aromatic rings. The van der Waals surface area contributed by atoms with E-state index in [9.17, 15) is 9.59 Å². The Labute approximate surface area is 228 Å². The molecule has 0 radical (unpaired) electrons. The van der Waals surface area contributed by atoms with E-state index in [0.29, 0.717) is 28.1 Å². The van der Waals surface area contributed by atoms with Crippen LogP contribution < -0.4 is 16.6 Å². The van der Waals surface area contributed by atoms with E-state index in [2.05, 4.69) is 20.4 Å². The summed E-state index contributed by atoms with van der Waals surface area (Å²) in [7, 11) is 0. The molecule has 2 aromatic carbocycles. The van der Waals surface area contributed by atoms with Crippen LogP contribution in [0.2, 0.25) is 0 Å². The van der Waals surface area contributed by atoms with Crippen molar-refractivity contribution in [3.63, 3.8) is 0 Å². The molecule has 4 aromatic heterocycles. The van der Waals surface area contributed by atoms with Gasteiger partial charge in [0.1, 0.15) is 11.4 Å². The highest BCUT2D eigenvalue weighted by atomic mass is 16.2. The molecule has 0 saturated heterocycles. The number of amides is 1. The summed E-state index contributed by atoms with van der Waals surface area (Å²) in [5.41, 5.74) is 9.07. The lowest BCUT2D eigenvalue weighted by Gasteiger charge is -2.20. The molecule has 0 saturated carbocycles. The third-order valence-corrected chi connectivity index (χ3v) is 6.49. The van der Waals surface area contributed by atoms with Crippen molar-refractivity contribution in [1.82, 2.24) is 34.4 Å². The van der Waals surface area contributed by atoms with E-state index in [1.54, 1.807) is 43.8 Å². The molecule has 4 heterocycles. The molecule has 0 unspecified atom stereocenters. The van der Waals surface area contributed by atoms with Gasteiger partial charge in [-0.1, -0.05) is 48.6 Å². The number of carbonyl (C=O) groups excluding carboxylic acids is 1. The molecular weight excluding hydrogens is 504 g/mol. The van der Waals surface area contributed by atoms with E-state index in [-0.39, 0.29) is 16.9 Å². The number of pyridine rings is 1. The molecular formula is C30H24N8O2. The van der Waals surface area contributed by atoms with Gasteiger partial charge in [0.2, 0.25) is 0 Å². The number of nitrogens with two attached hydrogens (primary N) is 1. The van der Waals surface area contributed by atoms with Crippen molar-refractivity contribution in [1.29, 1.82) is 0 Å². The van der Waals surface area contributed by atoms with Crippen LogP contribution in [0, 0.1) is 0 Å². The van der Waals surface area contributed by atoms with Gasteiger partial charge in [-0.05, 0) is 48.4 Å². The minimum Gasteiger partial charge on any atom is -0.381 e. The Morgan fingerprint density at radius 3 is 2.65 bits per heavy atom. The third kappa shape index (κ3) is 4.47. The van der Waals surface area contributed by atoms with E-state index in [1.807, 2.05) is 66.7 Å². The first-order valence-electron chi connectivity index (χ1n) is 12.6. The topological polar surface area (TPSA) is 133 Å². The maximum atomic E-state index is 14.2. The molecule has 0 bridgehead atoms. The number of para-hydroxylation sites is 1. The zero-order valence-electron chi connectivity index (χ0n) is 21.5. The Morgan fingerprint density at radius 1 is 1.00 bits per heavy atom. The van der Waals surface area contributed by atoms with E-state index >= 15 is 0 Å². The number of aromatic nitrogens is 6. The van der Waals surface area contributed by atoms with Gasteiger partial charge in [-0.25, -0.2) is 14.5 Å². The van der Waals surface area contributed by atoms with Gasteiger partial charge in [0.15, 0.2) is 11.5 Å². The first kappa shape index (κ1) is 24.7. The van der Waals surface area contributed by atoms with E-state index < -0.39 is 11.9 Å². The number of carbonyl (C=O) groups is 1. The molecule has 10 nitrogen and oxygen atoms in total. The summed E-state index contributed by atoms with van der Waals surface area (Å²) in [6, 6.07) is 19.5. The van der Waals surface area contributed by atoms with Crippen molar-refractivity contribution in [2.24, 2.45) is 0 Å². The lowest BCUT2D eigenvalue weighted by Crippen LogP contribution is -2.33. The summed E-state index contributed by atoms with van der Waals surface area (Å²) in [5, 5.41) is 7.58. The molecule has 10 heteroatoms. The van der Waals surface area contributed by atoms with Crippen LogP contribution in [-0.4, -0.2) is 35.0 Å². The number of nitrogens with one attached hydrogen (secondary N) is 1. The molecule has 0 aliphatic rings. The molecule has 0 spiro atoms. The standard InChI is InChI=1S/C30H24N8O2/c1-19(34-29(39)25-26(31)36-37-17-7-16-33-28(25)37)27-35-23-12-5-9-21(14-13-20-8-6-15-32-18-20)24(23)30(40)38(27)22-10-3-2-4-11-22/h2-19H,1H3,(H2,31,36)(H,34,39)/t19-/m1/s1. The molecule has 0 aliphatic carbocycles. The van der Waals surface area contributed by atoms with Gasteiger partial charge < -0.3 is 11.1 Å². The first-order chi connectivity index (χ1) is 19.5. The van der Waals surface area contributed by atoms with Crippen molar-refractivity contribution in [2.75, 3.05) is 5.73 Å². The SMILES string of the molecule is C[C@@H](NC(=O)c1c(N)nn2cccnc12)c1nc2cccc(C=Cc3cccnc3)c2c(=O)n1-c1ccccc1. The van der Waals surface area contributed by atoms with Crippen LogP contribution in [0.4, 0.5) is 5.82 Å². The van der Waals surface area contributed by atoms with Gasteiger partial charge in [0, 0.05) is 24.8 Å². The van der Waals surface area contributed by atoms with Gasteiger partial charge in [0.05, 0.1) is 22.6 Å². The number of nitrogens with zero attached hydrogens (tertiary/aromatic N) is 6. The molecule has 3 N–H and O–H groups in total. The second-order valence-corrected chi connectivity index (χ2v) is 9.15. The summed E-state index contributed by atoms with van der Waals surface area (Å²) in [5.74, 6) is -0.0466. The highest BCUT2D eigenvalue weighted by molar-refractivity contribution is 6.04. The van der Waals surface area contributed by atoms with Crippen molar-refractivity contribution in [3.05, 3.63) is 124 Å². The number of anilines is 1. The normalized spacial score (nSPS) is 12.2. The Balaban J connectivity index is 1.47. The Kier molecular flexibility index (Phi) is 6.33. The summed E-state index contributed by atoms with van der Waals surface area (Å²) in [6.07, 6.45) is 10.5. The van der Waals surface area contributed by atoms with Gasteiger partial charge in [-0.2, -0.15) is 0 Å². The summed E-state index contributed by atoms with van der Waals surface area (Å²) in [6.45, 7) is 1.77. The van der Waals surface area contributed by atoms with Crippen LogP contribution in [0.5, 0.6) is 0 Å². The zero-order chi connectivity index (χ0) is 27.6. The van der Waals surface area contributed by atoms with Crippen LogP contribution in [-0.2, 0) is 0 Å². The molecule has 1 amide bonds. The lowest BCUT2D eigenvalue weighted by molar-refractivity contribution is 0.0940. The second-order valence-electron chi connectivity index (χ2n) is 9.15. The summed E-state index contributed by atoms with van der Waals surface area (Å²) in [4.78, 5) is 40.8. The van der Waals surface area contributed by atoms with Gasteiger partial charge in [-0.3, -0.25) is 19.1 Å². The fraction of sp³-hybridized carbons (Fsp3) is 0.0667. The highest BCUT2D eigenvalue weighted by Crippen LogP contribution is 2.23. The first-order valence-corrected chi connectivity index (χ1v) is 12.6. The predicted octanol–water partition coefficient (Wildman–Crippen LogP) is 4.07. The number of nitrogen functional groups attached to an aromatic ring is 1. The smallest absolute Gasteiger partial charge is 0.266 e. The average molecular weight is 529 g/mol. The van der Waals surface area contributed by atoms with E-state index in [1.165, 1.54) is 9.08 Å². The Morgan fingerprint density at radius 2 is 1.85 bits per heavy atom. The Bertz CT molecular complexity index is 1950. The van der Waals surface area contributed by atoms with Crippen LogP contribution in [0.3, 0.4) is 0 Å². The van der Waals surface area contributed by atoms with E-state index in [4.69, 9.17) is 10.7 Å². The van der Waals surface area contributed by atoms with Crippen molar-refractivity contribution in [2.45, 2.75) is 13.0 Å². The van der Waals surface area contributed by atoms with Crippen molar-refractivity contribution in [3.8, 4) is 5.69 Å². The second kappa shape index (κ2) is 10.3. The maximum absolute atomic E-state index is 14.2. The zero-order valence-corrected chi connectivity index (χ0v) is 21.5. The number of hydrogen-bond donors (Lipinski definition) is 2. The fourth-order valence-electron chi connectivity index (χ4n) is 4.64. The molecule has 0 fully saturated rings. The lowest BCUT2D eigenvalue weighted by atomic mass is 10.1. The number of hydrogen-bond acceptors (Lipinski definition) is 7. The average Bonchev–Trinajstić information content (AvgIpc) is 3.32. The highest BCUT2D eigenvalue weighted by Gasteiger charge is 2.24. The molecule has 1 atom stereocenters. The molecule has 6 rings (SSSR count). The van der Waals surface area contributed by atoms with E-state index in [0.717, 1.165) is 11.1 Å². The predicted molar refractivity (Wildman–Crippen MR) is 154 cm³/mol. The number of benzene rings is 2. The third-order valence-electron chi connectivity index (χ3n) is 6.49. The van der Waals surface area contributed by atoms with Gasteiger partial charge in [-0.15, -0.1) is 5.10 Å². The number of rotatable bonds is 6. The van der Waals surface area contributed by atoms with Gasteiger partial charge >= 0.3 is 0 Å². The molecule has 0 aliphatic heterocycles. The largest absolute Gasteiger partial charge is 0.381 e. The van der Waals surface area contributed by atoms with Crippen molar-refractivity contribution >= 4 is 40.4 Å². The molecule has 40 heavy (non-hydrogen) atoms. The fourth-order valence-corrected chi connectivity index (χ4v) is 4.64. The minimum absolute atomic E-state index is 0.0559. The van der Waals surface area contributed by atoms with Crippen LogP contribution in [0.15, 0.2) is 96.3 Å². The Hall–Kier alpha value is -5.64. The summed E-state index contributed by atoms with van der Waals surface area (Å²) >= 11 is 0. The van der Waals surface area contributed by atoms with Crippen LogP contribution in [0.1, 0.15) is 40.3 Å². The monoisotopic (exact) mass is 528 g/mol. The van der Waals surface area contributed by atoms with Crippen molar-refractivity contribution < 1.29 is 4.79 Å². The summed E-state index contributed by atoms with van der Waals surface area (Å²) < 4.78 is 2.98.